The predicted molar refractivity (Wildman–Crippen MR) is 34.2 cm³/mol. The summed E-state index contributed by atoms with van der Waals surface area (Å²) in [7, 11) is 16.1. The van der Waals surface area contributed by atoms with Crippen LogP contribution in [0.4, 0.5) is 0 Å². The Balaban J connectivity index is 3.11. The van der Waals surface area contributed by atoms with Crippen molar-refractivity contribution in [1.82, 2.24) is 0 Å². The molecular weight excluding hydrogens is 273 g/mol. The van der Waals surface area contributed by atoms with E-state index in [-0.39, 0.29) is 0 Å². The Morgan fingerprint density at radius 1 is 1.25 bits per heavy atom. The number of halogens is 4. The molecule has 0 saturated heterocycles. The van der Waals surface area contributed by atoms with E-state index in [4.69, 9.17) is 40.0 Å². The number of rotatable bonds is 3. The Bertz CT molecular complexity index is 61.5. The van der Waals surface area contributed by atoms with Gasteiger partial charge in [-0.2, -0.15) is 0 Å². The average Bonchev–Trinajstić information content (AvgIpc) is 1.59. The Morgan fingerprint density at radius 3 is 1.88 bits per heavy atom. The first-order valence-corrected chi connectivity index (χ1v) is 12.9. The van der Waals surface area contributed by atoms with E-state index >= 15 is 0 Å². The van der Waals surface area contributed by atoms with Crippen LogP contribution < -0.4 is 0 Å². The van der Waals surface area contributed by atoms with Gasteiger partial charge in [-0.3, -0.25) is 0 Å². The third kappa shape index (κ3) is 8.00. The summed E-state index contributed by atoms with van der Waals surface area (Å²) in [5.74, 6) is 0.380. The van der Waals surface area contributed by atoms with Crippen molar-refractivity contribution in [3.8, 4) is 0 Å². The quantitative estimate of drug-likeness (QED) is 0.721. The van der Waals surface area contributed by atoms with Crippen molar-refractivity contribution in [2.24, 2.45) is 0 Å². The molecule has 0 bridgehead atoms. The Kier molecular flexibility index (Phi) is 5.96. The second-order valence-corrected chi connectivity index (χ2v) is 17.1. The van der Waals surface area contributed by atoms with Gasteiger partial charge in [-0.1, -0.05) is 0 Å². The summed E-state index contributed by atoms with van der Waals surface area (Å²) < 4.78 is 4.75. The van der Waals surface area contributed by atoms with Crippen molar-refractivity contribution >= 4 is 37.1 Å². The molecule has 0 aromatic carbocycles. The van der Waals surface area contributed by atoms with E-state index in [1.54, 1.807) is 0 Å². The molecule has 0 aliphatic rings. The van der Waals surface area contributed by atoms with Crippen LogP contribution in [0.3, 0.4) is 0 Å². The molecule has 0 heterocycles. The van der Waals surface area contributed by atoms with Gasteiger partial charge in [-0.05, 0) is 0 Å². The molecule has 6 heteroatoms. The SMILES string of the molecule is ClCC[O][Zr]([Cl])([Cl])[Cl]. The summed E-state index contributed by atoms with van der Waals surface area (Å²) in [6.45, 7) is 0.341. The normalized spacial score (nSPS) is 12.0. The molecule has 0 radical (unpaired) electrons. The second kappa shape index (κ2) is 4.76. The molecule has 0 aromatic heterocycles. The Hall–Kier alpha value is 2.00. The zero-order valence-electron chi connectivity index (χ0n) is 3.83. The fraction of sp³-hybridized carbons (Fsp3) is 1.00. The van der Waals surface area contributed by atoms with Crippen molar-refractivity contribution < 1.29 is 19.9 Å². The molecule has 0 spiro atoms. The molecule has 0 atom stereocenters. The Labute approximate surface area is 68.9 Å². The van der Waals surface area contributed by atoms with E-state index < -0.39 is 17.1 Å². The first-order chi connectivity index (χ1) is 3.56. The fourth-order valence-electron chi connectivity index (χ4n) is 0.154. The van der Waals surface area contributed by atoms with Gasteiger partial charge in [0.1, 0.15) is 0 Å². The topological polar surface area (TPSA) is 9.23 Å². The molecular formula is C2H4Cl4OZr. The van der Waals surface area contributed by atoms with Gasteiger partial charge >= 0.3 is 69.6 Å². The van der Waals surface area contributed by atoms with Crippen LogP contribution >= 0.6 is 37.1 Å². The molecule has 0 N–H and O–H groups in total. The van der Waals surface area contributed by atoms with E-state index in [0.717, 1.165) is 0 Å². The summed E-state index contributed by atoms with van der Waals surface area (Å²) in [5, 5.41) is 0. The van der Waals surface area contributed by atoms with Crippen molar-refractivity contribution in [3.05, 3.63) is 0 Å². The minimum absolute atomic E-state index is 0.341. The van der Waals surface area contributed by atoms with Crippen LogP contribution in [-0.4, -0.2) is 12.5 Å². The van der Waals surface area contributed by atoms with Crippen molar-refractivity contribution in [2.75, 3.05) is 12.5 Å². The van der Waals surface area contributed by atoms with Gasteiger partial charge < -0.3 is 0 Å². The summed E-state index contributed by atoms with van der Waals surface area (Å²) in [5.41, 5.74) is 0. The van der Waals surface area contributed by atoms with Gasteiger partial charge in [0.05, 0.1) is 0 Å². The van der Waals surface area contributed by atoms with Crippen LogP contribution in [0.15, 0.2) is 0 Å². The Morgan fingerprint density at radius 2 is 1.75 bits per heavy atom. The first kappa shape index (κ1) is 10.0. The molecule has 0 amide bonds. The summed E-state index contributed by atoms with van der Waals surface area (Å²) >= 11 is 1.76. The van der Waals surface area contributed by atoms with Gasteiger partial charge in [0, 0.05) is 0 Å². The van der Waals surface area contributed by atoms with Gasteiger partial charge in [0.25, 0.3) is 0 Å². The van der Waals surface area contributed by atoms with Crippen molar-refractivity contribution in [3.63, 3.8) is 0 Å². The molecule has 0 unspecified atom stereocenters. The fourth-order valence-corrected chi connectivity index (χ4v) is 2.74. The maximum atomic E-state index is 5.37. The second-order valence-electron chi connectivity index (χ2n) is 0.983. The monoisotopic (exact) mass is 274 g/mol. The molecule has 0 aliphatic heterocycles. The molecule has 0 saturated carbocycles. The molecule has 0 aliphatic carbocycles. The number of hydrogen-bond acceptors (Lipinski definition) is 1. The zero-order valence-corrected chi connectivity index (χ0v) is 9.32. The molecule has 0 fully saturated rings. The van der Waals surface area contributed by atoms with Crippen molar-refractivity contribution in [2.45, 2.75) is 0 Å². The van der Waals surface area contributed by atoms with Gasteiger partial charge in [-0.15, -0.1) is 0 Å². The van der Waals surface area contributed by atoms with E-state index in [2.05, 4.69) is 0 Å². The first-order valence-electron chi connectivity index (χ1n) is 1.83. The van der Waals surface area contributed by atoms with Crippen LogP contribution in [0.5, 0.6) is 0 Å². The standard InChI is InChI=1S/C2H4ClO.3ClH.Zr/c3-1-2-4;;;;/h1-2H2;3*1H;/q-1;;;;+4/p-3. The zero-order chi connectivity index (χ0) is 6.62. The summed E-state index contributed by atoms with van der Waals surface area (Å²) in [6, 6.07) is 0. The van der Waals surface area contributed by atoms with Crippen LogP contribution in [0.2, 0.25) is 0 Å². The summed E-state index contributed by atoms with van der Waals surface area (Å²) in [6.07, 6.45) is 0. The third-order valence-corrected chi connectivity index (χ3v) is 3.74. The van der Waals surface area contributed by atoms with Crippen LogP contribution in [0.25, 0.3) is 0 Å². The maximum absolute atomic E-state index is 5.37. The van der Waals surface area contributed by atoms with E-state index in [0.29, 0.717) is 12.5 Å². The van der Waals surface area contributed by atoms with Crippen LogP contribution in [0, 0.1) is 0 Å². The van der Waals surface area contributed by atoms with E-state index in [1.807, 2.05) is 0 Å². The molecule has 8 heavy (non-hydrogen) atoms. The predicted octanol–water partition coefficient (Wildman–Crippen LogP) is 2.77. The van der Waals surface area contributed by atoms with Crippen LogP contribution in [-0.2, 0) is 19.9 Å². The average molecular weight is 277 g/mol. The molecule has 0 aromatic rings. The van der Waals surface area contributed by atoms with Gasteiger partial charge in [0.15, 0.2) is 0 Å². The van der Waals surface area contributed by atoms with Crippen molar-refractivity contribution in [1.29, 1.82) is 0 Å². The van der Waals surface area contributed by atoms with Gasteiger partial charge in [0.2, 0.25) is 0 Å². The molecule has 50 valence electrons. The third-order valence-electron chi connectivity index (χ3n) is 0.343. The number of alkyl halides is 1. The number of hydrogen-bond donors (Lipinski definition) is 0. The minimum atomic E-state index is -3.48. The summed E-state index contributed by atoms with van der Waals surface area (Å²) in [4.78, 5) is 0. The van der Waals surface area contributed by atoms with Crippen LogP contribution in [0.1, 0.15) is 0 Å². The molecule has 0 rings (SSSR count). The van der Waals surface area contributed by atoms with E-state index in [9.17, 15) is 0 Å². The molecule has 1 nitrogen and oxygen atoms in total. The van der Waals surface area contributed by atoms with Gasteiger partial charge in [-0.25, -0.2) is 0 Å². The van der Waals surface area contributed by atoms with E-state index in [1.165, 1.54) is 0 Å².